The topological polar surface area (TPSA) is 30.0 Å². The van der Waals surface area contributed by atoms with E-state index in [0.717, 1.165) is 26.4 Å². The van der Waals surface area contributed by atoms with Crippen LogP contribution < -0.4 is 0 Å². The molecule has 0 N–H and O–H groups in total. The van der Waals surface area contributed by atoms with Crippen LogP contribution in [-0.2, 0) is 0 Å². The van der Waals surface area contributed by atoms with Crippen molar-refractivity contribution in [2.75, 3.05) is 0 Å². The molecule has 3 rings (SSSR count). The van der Waals surface area contributed by atoms with E-state index in [-0.39, 0.29) is 5.78 Å². The van der Waals surface area contributed by atoms with Crippen LogP contribution >= 0.6 is 15.9 Å². The molecule has 98 valence electrons. The molecule has 3 heteroatoms. The summed E-state index contributed by atoms with van der Waals surface area (Å²) in [6.45, 7) is 1.95. The van der Waals surface area contributed by atoms with Crippen LogP contribution in [0.5, 0.6) is 0 Å². The standard InChI is InChI=1S/C17H12BrNO/c1-11-5-6-13(18)9-16(11)17(20)15-4-2-3-12-10-19-8-7-14(12)15/h2-10H,1H3. The van der Waals surface area contributed by atoms with Crippen molar-refractivity contribution in [3.8, 4) is 0 Å². The van der Waals surface area contributed by atoms with Gasteiger partial charge in [-0.15, -0.1) is 0 Å². The van der Waals surface area contributed by atoms with Crippen molar-refractivity contribution in [1.29, 1.82) is 0 Å². The zero-order valence-corrected chi connectivity index (χ0v) is 12.5. The van der Waals surface area contributed by atoms with Crippen molar-refractivity contribution in [2.45, 2.75) is 6.92 Å². The molecular weight excluding hydrogens is 314 g/mol. The van der Waals surface area contributed by atoms with Gasteiger partial charge in [-0.2, -0.15) is 0 Å². The molecule has 0 saturated carbocycles. The molecule has 0 atom stereocenters. The van der Waals surface area contributed by atoms with E-state index in [9.17, 15) is 4.79 Å². The number of rotatable bonds is 2. The normalized spacial score (nSPS) is 10.7. The number of carbonyl (C=O) groups is 1. The van der Waals surface area contributed by atoms with Gasteiger partial charge in [-0.05, 0) is 36.1 Å². The molecule has 0 saturated heterocycles. The Morgan fingerprint density at radius 1 is 1.10 bits per heavy atom. The number of aryl methyl sites for hydroxylation is 1. The van der Waals surface area contributed by atoms with Crippen molar-refractivity contribution in [3.63, 3.8) is 0 Å². The lowest BCUT2D eigenvalue weighted by Crippen LogP contribution is -2.04. The van der Waals surface area contributed by atoms with Crippen LogP contribution in [0.4, 0.5) is 0 Å². The minimum atomic E-state index is 0.0422. The lowest BCUT2D eigenvalue weighted by molar-refractivity contribution is 0.103. The average Bonchev–Trinajstić information content (AvgIpc) is 2.48. The Kier molecular flexibility index (Phi) is 3.36. The highest BCUT2D eigenvalue weighted by molar-refractivity contribution is 9.10. The summed E-state index contributed by atoms with van der Waals surface area (Å²) < 4.78 is 0.911. The third-order valence-corrected chi connectivity index (χ3v) is 3.86. The van der Waals surface area contributed by atoms with E-state index in [1.54, 1.807) is 12.4 Å². The van der Waals surface area contributed by atoms with Gasteiger partial charge in [0.25, 0.3) is 0 Å². The number of hydrogen-bond acceptors (Lipinski definition) is 2. The van der Waals surface area contributed by atoms with E-state index in [4.69, 9.17) is 0 Å². The monoisotopic (exact) mass is 325 g/mol. The van der Waals surface area contributed by atoms with Gasteiger partial charge in [0.1, 0.15) is 0 Å². The van der Waals surface area contributed by atoms with E-state index in [2.05, 4.69) is 20.9 Å². The van der Waals surface area contributed by atoms with E-state index in [1.807, 2.05) is 49.4 Å². The highest BCUT2D eigenvalue weighted by Crippen LogP contribution is 2.24. The van der Waals surface area contributed by atoms with Crippen LogP contribution in [0, 0.1) is 6.92 Å². The fourth-order valence-corrected chi connectivity index (χ4v) is 2.67. The Labute approximate surface area is 125 Å². The SMILES string of the molecule is Cc1ccc(Br)cc1C(=O)c1cccc2cnccc12. The van der Waals surface area contributed by atoms with Crippen LogP contribution in [0.1, 0.15) is 21.5 Å². The van der Waals surface area contributed by atoms with Gasteiger partial charge in [-0.25, -0.2) is 0 Å². The first-order valence-corrected chi connectivity index (χ1v) is 7.10. The molecule has 0 fully saturated rings. The molecule has 0 bridgehead atoms. The summed E-state index contributed by atoms with van der Waals surface area (Å²) in [4.78, 5) is 16.9. The molecule has 1 heterocycles. The molecule has 2 aromatic carbocycles. The maximum absolute atomic E-state index is 12.8. The van der Waals surface area contributed by atoms with Crippen molar-refractivity contribution in [3.05, 3.63) is 76.0 Å². The number of benzene rings is 2. The van der Waals surface area contributed by atoms with Crippen molar-refractivity contribution < 1.29 is 4.79 Å². The zero-order valence-electron chi connectivity index (χ0n) is 10.9. The predicted molar refractivity (Wildman–Crippen MR) is 84.1 cm³/mol. The number of hydrogen-bond donors (Lipinski definition) is 0. The van der Waals surface area contributed by atoms with Crippen molar-refractivity contribution >= 4 is 32.5 Å². The van der Waals surface area contributed by atoms with Crippen molar-refractivity contribution in [2.24, 2.45) is 0 Å². The second-order valence-electron chi connectivity index (χ2n) is 4.69. The molecule has 0 aliphatic carbocycles. The summed E-state index contributed by atoms with van der Waals surface area (Å²) in [5, 5.41) is 1.91. The van der Waals surface area contributed by atoms with Gasteiger partial charge in [-0.3, -0.25) is 9.78 Å². The maximum atomic E-state index is 12.8. The minimum absolute atomic E-state index is 0.0422. The highest BCUT2D eigenvalue weighted by Gasteiger charge is 2.14. The number of ketones is 1. The number of halogens is 1. The second kappa shape index (κ2) is 5.17. The molecule has 0 amide bonds. The molecular formula is C17H12BrNO. The second-order valence-corrected chi connectivity index (χ2v) is 5.61. The van der Waals surface area contributed by atoms with E-state index in [1.165, 1.54) is 0 Å². The number of pyridine rings is 1. The number of aromatic nitrogens is 1. The molecule has 0 unspecified atom stereocenters. The number of nitrogens with zero attached hydrogens (tertiary/aromatic N) is 1. The quantitative estimate of drug-likeness (QED) is 0.647. The summed E-state index contributed by atoms with van der Waals surface area (Å²) in [5.41, 5.74) is 2.42. The Morgan fingerprint density at radius 3 is 2.80 bits per heavy atom. The zero-order chi connectivity index (χ0) is 14.1. The lowest BCUT2D eigenvalue weighted by Gasteiger charge is -2.08. The Bertz CT molecular complexity index is 806. The first-order valence-electron chi connectivity index (χ1n) is 6.30. The molecule has 0 radical (unpaired) electrons. The minimum Gasteiger partial charge on any atom is -0.289 e. The smallest absolute Gasteiger partial charge is 0.193 e. The molecule has 1 aromatic heterocycles. The Balaban J connectivity index is 2.20. The largest absolute Gasteiger partial charge is 0.289 e. The molecule has 3 aromatic rings. The van der Waals surface area contributed by atoms with Gasteiger partial charge in [-0.1, -0.05) is 40.2 Å². The van der Waals surface area contributed by atoms with Crippen LogP contribution in [0.2, 0.25) is 0 Å². The molecule has 0 spiro atoms. The van der Waals surface area contributed by atoms with Gasteiger partial charge in [0.15, 0.2) is 5.78 Å². The van der Waals surface area contributed by atoms with Crippen LogP contribution in [0.3, 0.4) is 0 Å². The first-order chi connectivity index (χ1) is 9.66. The van der Waals surface area contributed by atoms with E-state index >= 15 is 0 Å². The third kappa shape index (κ3) is 2.25. The first kappa shape index (κ1) is 13.0. The summed E-state index contributed by atoms with van der Waals surface area (Å²) in [6.07, 6.45) is 3.49. The van der Waals surface area contributed by atoms with Crippen LogP contribution in [0.25, 0.3) is 10.8 Å². The van der Waals surface area contributed by atoms with Gasteiger partial charge in [0, 0.05) is 33.4 Å². The van der Waals surface area contributed by atoms with Crippen molar-refractivity contribution in [1.82, 2.24) is 4.98 Å². The summed E-state index contributed by atoms with van der Waals surface area (Å²) in [6, 6.07) is 13.4. The summed E-state index contributed by atoms with van der Waals surface area (Å²) in [5.74, 6) is 0.0422. The average molecular weight is 326 g/mol. The molecule has 20 heavy (non-hydrogen) atoms. The van der Waals surface area contributed by atoms with E-state index < -0.39 is 0 Å². The summed E-state index contributed by atoms with van der Waals surface area (Å²) >= 11 is 3.42. The number of carbonyl (C=O) groups excluding carboxylic acids is 1. The van der Waals surface area contributed by atoms with Crippen LogP contribution in [-0.4, -0.2) is 10.8 Å². The lowest BCUT2D eigenvalue weighted by atomic mass is 9.96. The van der Waals surface area contributed by atoms with Gasteiger partial charge >= 0.3 is 0 Å². The molecule has 0 aliphatic heterocycles. The summed E-state index contributed by atoms with van der Waals surface area (Å²) in [7, 11) is 0. The van der Waals surface area contributed by atoms with Gasteiger partial charge in [0.2, 0.25) is 0 Å². The third-order valence-electron chi connectivity index (χ3n) is 3.37. The Morgan fingerprint density at radius 2 is 1.95 bits per heavy atom. The predicted octanol–water partition coefficient (Wildman–Crippen LogP) is 4.54. The Hall–Kier alpha value is -2.00. The molecule has 2 nitrogen and oxygen atoms in total. The molecule has 0 aliphatic rings. The van der Waals surface area contributed by atoms with Gasteiger partial charge in [0.05, 0.1) is 0 Å². The fraction of sp³-hybridized carbons (Fsp3) is 0.0588. The maximum Gasteiger partial charge on any atom is 0.193 e. The van der Waals surface area contributed by atoms with Crippen LogP contribution in [0.15, 0.2) is 59.3 Å². The highest BCUT2D eigenvalue weighted by atomic mass is 79.9. The number of fused-ring (bicyclic) bond motifs is 1. The van der Waals surface area contributed by atoms with E-state index in [0.29, 0.717) is 5.56 Å². The fourth-order valence-electron chi connectivity index (χ4n) is 2.30. The van der Waals surface area contributed by atoms with Gasteiger partial charge < -0.3 is 0 Å².